The zero-order chi connectivity index (χ0) is 10.7. The summed E-state index contributed by atoms with van der Waals surface area (Å²) in [5.74, 6) is 4.71. The first-order valence-corrected chi connectivity index (χ1v) is 6.35. The predicted octanol–water partition coefficient (Wildman–Crippen LogP) is 1.31. The molecule has 2 rings (SSSR count). The van der Waals surface area contributed by atoms with E-state index in [9.17, 15) is 0 Å². The molecule has 0 aromatic carbocycles. The first-order chi connectivity index (χ1) is 7.25. The van der Waals surface area contributed by atoms with Crippen LogP contribution in [0.25, 0.3) is 0 Å². The normalized spacial score (nSPS) is 17.5. The lowest BCUT2D eigenvalue weighted by atomic mass is 10.4. The van der Waals surface area contributed by atoms with Crippen molar-refractivity contribution in [1.82, 2.24) is 9.97 Å². The summed E-state index contributed by atoms with van der Waals surface area (Å²) in [7, 11) is 0. The van der Waals surface area contributed by atoms with Crippen molar-refractivity contribution >= 4 is 23.4 Å². The minimum absolute atomic E-state index is 0.564. The molecular formula is C10H16N4S. The third-order valence-electron chi connectivity index (χ3n) is 2.39. The zero-order valence-corrected chi connectivity index (χ0v) is 9.76. The maximum atomic E-state index is 5.72. The molecule has 2 heterocycles. The number of anilines is 2. The van der Waals surface area contributed by atoms with Crippen LogP contribution in [0.3, 0.4) is 0 Å². The molecule has 1 fully saturated rings. The van der Waals surface area contributed by atoms with Gasteiger partial charge in [0.2, 0.25) is 0 Å². The van der Waals surface area contributed by atoms with Crippen LogP contribution in [0, 0.1) is 6.92 Å². The summed E-state index contributed by atoms with van der Waals surface area (Å²) in [6.45, 7) is 4.01. The first-order valence-electron chi connectivity index (χ1n) is 5.19. The molecule has 1 aliphatic rings. The lowest BCUT2D eigenvalue weighted by Crippen LogP contribution is -2.26. The average Bonchev–Trinajstić information content (AvgIpc) is 2.43. The highest BCUT2D eigenvalue weighted by Crippen LogP contribution is 2.18. The highest BCUT2D eigenvalue weighted by Gasteiger charge is 2.12. The van der Waals surface area contributed by atoms with E-state index in [-0.39, 0.29) is 0 Å². The van der Waals surface area contributed by atoms with Crippen LogP contribution < -0.4 is 10.6 Å². The smallest absolute Gasteiger partial charge is 0.134 e. The Kier molecular flexibility index (Phi) is 3.30. The second kappa shape index (κ2) is 4.70. The fraction of sp³-hybridized carbons (Fsp3) is 0.600. The zero-order valence-electron chi connectivity index (χ0n) is 8.94. The minimum atomic E-state index is 0.564. The summed E-state index contributed by atoms with van der Waals surface area (Å²) < 4.78 is 0. The summed E-state index contributed by atoms with van der Waals surface area (Å²) in [6, 6.07) is 1.86. The fourth-order valence-electron chi connectivity index (χ4n) is 1.71. The Balaban J connectivity index is 2.19. The lowest BCUT2D eigenvalue weighted by molar-refractivity contribution is 0.795. The molecule has 0 radical (unpaired) electrons. The van der Waals surface area contributed by atoms with Crippen LogP contribution in [0.15, 0.2) is 6.07 Å². The number of nitrogens with zero attached hydrogens (tertiary/aromatic N) is 3. The molecular weight excluding hydrogens is 208 g/mol. The van der Waals surface area contributed by atoms with Crippen molar-refractivity contribution in [3.63, 3.8) is 0 Å². The van der Waals surface area contributed by atoms with Crippen molar-refractivity contribution < 1.29 is 0 Å². The van der Waals surface area contributed by atoms with Gasteiger partial charge in [-0.3, -0.25) is 0 Å². The van der Waals surface area contributed by atoms with Gasteiger partial charge in [-0.05, 0) is 19.1 Å². The molecule has 0 amide bonds. The average molecular weight is 224 g/mol. The number of aromatic nitrogens is 2. The van der Waals surface area contributed by atoms with Gasteiger partial charge < -0.3 is 10.6 Å². The van der Waals surface area contributed by atoms with Crippen LogP contribution in [-0.4, -0.2) is 34.6 Å². The molecule has 82 valence electrons. The Morgan fingerprint density at radius 3 is 3.00 bits per heavy atom. The predicted molar refractivity (Wildman–Crippen MR) is 65.3 cm³/mol. The van der Waals surface area contributed by atoms with E-state index in [1.54, 1.807) is 0 Å². The minimum Gasteiger partial charge on any atom is -0.384 e. The molecule has 1 aliphatic heterocycles. The second-order valence-electron chi connectivity index (χ2n) is 3.65. The van der Waals surface area contributed by atoms with Crippen LogP contribution in [-0.2, 0) is 0 Å². The molecule has 2 N–H and O–H groups in total. The SMILES string of the molecule is Cc1nc(N)cc(N2CCCSCC2)n1. The Morgan fingerprint density at radius 1 is 1.33 bits per heavy atom. The molecule has 4 nitrogen and oxygen atoms in total. The molecule has 1 aromatic rings. The number of thioether (sulfide) groups is 1. The fourth-order valence-corrected chi connectivity index (χ4v) is 2.60. The van der Waals surface area contributed by atoms with E-state index >= 15 is 0 Å². The summed E-state index contributed by atoms with van der Waals surface area (Å²) >= 11 is 2.01. The van der Waals surface area contributed by atoms with Gasteiger partial charge in [0.25, 0.3) is 0 Å². The standard InChI is InChI=1S/C10H16N4S/c1-8-12-9(11)7-10(13-8)14-3-2-5-15-6-4-14/h7H,2-6H2,1H3,(H2,11,12,13). The number of nitrogens with two attached hydrogens (primary N) is 1. The molecule has 0 saturated carbocycles. The Bertz CT molecular complexity index is 314. The third-order valence-corrected chi connectivity index (χ3v) is 3.44. The molecule has 0 bridgehead atoms. The number of nitrogen functional groups attached to an aromatic ring is 1. The van der Waals surface area contributed by atoms with Crippen molar-refractivity contribution in [2.75, 3.05) is 35.2 Å². The molecule has 1 saturated heterocycles. The maximum absolute atomic E-state index is 5.72. The topological polar surface area (TPSA) is 55.0 Å². The first kappa shape index (κ1) is 10.5. The van der Waals surface area contributed by atoms with Gasteiger partial charge >= 0.3 is 0 Å². The third kappa shape index (κ3) is 2.75. The number of aryl methyl sites for hydroxylation is 1. The van der Waals surface area contributed by atoms with Gasteiger partial charge in [0.05, 0.1) is 0 Å². The summed E-state index contributed by atoms with van der Waals surface area (Å²) in [4.78, 5) is 10.8. The van der Waals surface area contributed by atoms with Crippen molar-refractivity contribution in [2.45, 2.75) is 13.3 Å². The monoisotopic (exact) mass is 224 g/mol. The number of rotatable bonds is 1. The summed E-state index contributed by atoms with van der Waals surface area (Å²) in [5, 5.41) is 0. The van der Waals surface area contributed by atoms with E-state index in [1.807, 2.05) is 24.8 Å². The largest absolute Gasteiger partial charge is 0.384 e. The molecule has 0 unspecified atom stereocenters. The molecule has 5 heteroatoms. The van der Waals surface area contributed by atoms with Crippen LogP contribution >= 0.6 is 11.8 Å². The van der Waals surface area contributed by atoms with E-state index in [0.717, 1.165) is 24.7 Å². The Hall–Kier alpha value is -0.970. The van der Waals surface area contributed by atoms with Gasteiger partial charge in [-0.2, -0.15) is 11.8 Å². The Morgan fingerprint density at radius 2 is 2.20 bits per heavy atom. The van der Waals surface area contributed by atoms with E-state index in [4.69, 9.17) is 5.73 Å². The van der Waals surface area contributed by atoms with Crippen molar-refractivity contribution in [2.24, 2.45) is 0 Å². The van der Waals surface area contributed by atoms with E-state index in [1.165, 1.54) is 17.9 Å². The highest BCUT2D eigenvalue weighted by molar-refractivity contribution is 7.99. The van der Waals surface area contributed by atoms with Crippen LogP contribution in [0.4, 0.5) is 11.6 Å². The number of hydrogen-bond donors (Lipinski definition) is 1. The highest BCUT2D eigenvalue weighted by atomic mass is 32.2. The molecule has 1 aromatic heterocycles. The molecule has 0 spiro atoms. The Labute approximate surface area is 94.3 Å². The van der Waals surface area contributed by atoms with Crippen LogP contribution in [0.2, 0.25) is 0 Å². The van der Waals surface area contributed by atoms with Gasteiger partial charge in [0.1, 0.15) is 17.5 Å². The van der Waals surface area contributed by atoms with E-state index < -0.39 is 0 Å². The summed E-state index contributed by atoms with van der Waals surface area (Å²) in [5.41, 5.74) is 5.72. The quantitative estimate of drug-likeness (QED) is 0.779. The van der Waals surface area contributed by atoms with Crippen LogP contribution in [0.1, 0.15) is 12.2 Å². The molecule has 15 heavy (non-hydrogen) atoms. The summed E-state index contributed by atoms with van der Waals surface area (Å²) in [6.07, 6.45) is 1.22. The van der Waals surface area contributed by atoms with Crippen molar-refractivity contribution in [1.29, 1.82) is 0 Å². The van der Waals surface area contributed by atoms with Gasteiger partial charge in [-0.15, -0.1) is 0 Å². The van der Waals surface area contributed by atoms with Crippen molar-refractivity contribution in [3.8, 4) is 0 Å². The lowest BCUT2D eigenvalue weighted by Gasteiger charge is -2.21. The van der Waals surface area contributed by atoms with Gasteiger partial charge in [0.15, 0.2) is 0 Å². The molecule has 0 aliphatic carbocycles. The second-order valence-corrected chi connectivity index (χ2v) is 4.88. The van der Waals surface area contributed by atoms with Gasteiger partial charge in [0, 0.05) is 24.9 Å². The van der Waals surface area contributed by atoms with E-state index in [2.05, 4.69) is 14.9 Å². The number of hydrogen-bond acceptors (Lipinski definition) is 5. The molecule has 0 atom stereocenters. The maximum Gasteiger partial charge on any atom is 0.134 e. The van der Waals surface area contributed by atoms with E-state index in [0.29, 0.717) is 5.82 Å². The van der Waals surface area contributed by atoms with Crippen LogP contribution in [0.5, 0.6) is 0 Å². The van der Waals surface area contributed by atoms with Gasteiger partial charge in [-0.25, -0.2) is 9.97 Å². The van der Waals surface area contributed by atoms with Gasteiger partial charge in [-0.1, -0.05) is 0 Å². The van der Waals surface area contributed by atoms with Crippen molar-refractivity contribution in [3.05, 3.63) is 11.9 Å².